The molecule has 0 saturated heterocycles. The fourth-order valence-electron chi connectivity index (χ4n) is 3.48. The van der Waals surface area contributed by atoms with Crippen molar-refractivity contribution < 1.29 is 0 Å². The zero-order valence-corrected chi connectivity index (χ0v) is 21.0. The molecular weight excluding hydrogens is 499 g/mol. The average molecular weight is 520 g/mol. The fourth-order valence-corrected chi connectivity index (χ4v) is 4.43. The van der Waals surface area contributed by atoms with Crippen LogP contribution in [-0.2, 0) is 13.1 Å². The number of halogens is 3. The molecule has 33 heavy (non-hydrogen) atoms. The number of nitrogens with zero attached hydrogens (tertiary/aromatic N) is 4. The average Bonchev–Trinajstić information content (AvgIpc) is 3.29. The smallest absolute Gasteiger partial charge is 0.175 e. The van der Waals surface area contributed by atoms with E-state index in [4.69, 9.17) is 47.0 Å². The number of hydrogen-bond acceptors (Lipinski definition) is 3. The molecule has 170 valence electrons. The highest BCUT2D eigenvalue weighted by Crippen LogP contribution is 2.27. The van der Waals surface area contributed by atoms with Gasteiger partial charge in [0.25, 0.3) is 0 Å². The normalized spacial score (nSPS) is 10.9. The van der Waals surface area contributed by atoms with Gasteiger partial charge >= 0.3 is 0 Å². The Hall–Kier alpha value is -2.58. The Morgan fingerprint density at radius 3 is 2.45 bits per heavy atom. The summed E-state index contributed by atoms with van der Waals surface area (Å²) in [6, 6.07) is 13.2. The first kappa shape index (κ1) is 23.6. The van der Waals surface area contributed by atoms with E-state index in [-0.39, 0.29) is 0 Å². The summed E-state index contributed by atoms with van der Waals surface area (Å²) in [6.45, 7) is 4.96. The molecular formula is C23H21Cl3N6S. The molecule has 0 amide bonds. The zero-order valence-electron chi connectivity index (χ0n) is 17.9. The Bertz CT molecular complexity index is 1290. The SMILES string of the molecule is Cc1nn(Cc2c(Cl)cccc2Cl)c(C)c1NC(=S)Nc1cnn(Cc2cccc(Cl)c2)c1. The van der Waals surface area contributed by atoms with Crippen LogP contribution in [0.25, 0.3) is 0 Å². The number of hydrogen-bond donors (Lipinski definition) is 2. The van der Waals surface area contributed by atoms with Gasteiger partial charge in [-0.1, -0.05) is 53.0 Å². The molecule has 0 unspecified atom stereocenters. The quantitative estimate of drug-likeness (QED) is 0.282. The predicted octanol–water partition coefficient (Wildman–Crippen LogP) is 6.56. The number of nitrogens with one attached hydrogen (secondary N) is 2. The highest BCUT2D eigenvalue weighted by Gasteiger charge is 2.15. The van der Waals surface area contributed by atoms with Crippen molar-refractivity contribution in [3.05, 3.63) is 92.4 Å². The first-order valence-corrected chi connectivity index (χ1v) is 11.7. The number of benzene rings is 2. The van der Waals surface area contributed by atoms with Gasteiger partial charge in [-0.3, -0.25) is 9.36 Å². The van der Waals surface area contributed by atoms with Crippen molar-refractivity contribution in [2.24, 2.45) is 0 Å². The maximum Gasteiger partial charge on any atom is 0.175 e. The first-order valence-electron chi connectivity index (χ1n) is 10.1. The van der Waals surface area contributed by atoms with E-state index < -0.39 is 0 Å². The van der Waals surface area contributed by atoms with Crippen LogP contribution in [0, 0.1) is 13.8 Å². The molecule has 0 aliphatic rings. The lowest BCUT2D eigenvalue weighted by Gasteiger charge is -2.11. The van der Waals surface area contributed by atoms with Gasteiger partial charge in [0.1, 0.15) is 0 Å². The maximum atomic E-state index is 6.33. The topological polar surface area (TPSA) is 59.7 Å². The van der Waals surface area contributed by atoms with E-state index >= 15 is 0 Å². The Morgan fingerprint density at radius 1 is 1.00 bits per heavy atom. The van der Waals surface area contributed by atoms with Crippen LogP contribution in [0.3, 0.4) is 0 Å². The van der Waals surface area contributed by atoms with Gasteiger partial charge < -0.3 is 10.6 Å². The maximum absolute atomic E-state index is 6.33. The minimum absolute atomic E-state index is 0.443. The monoisotopic (exact) mass is 518 g/mol. The summed E-state index contributed by atoms with van der Waals surface area (Å²) in [5, 5.41) is 17.8. The summed E-state index contributed by atoms with van der Waals surface area (Å²) in [7, 11) is 0. The molecule has 2 aromatic heterocycles. The Labute approximate surface area is 212 Å². The molecule has 0 spiro atoms. The highest BCUT2D eigenvalue weighted by molar-refractivity contribution is 7.80. The van der Waals surface area contributed by atoms with Crippen LogP contribution in [0.2, 0.25) is 15.1 Å². The summed E-state index contributed by atoms with van der Waals surface area (Å²) >= 11 is 24.2. The van der Waals surface area contributed by atoms with Crippen LogP contribution in [-0.4, -0.2) is 24.7 Å². The van der Waals surface area contributed by atoms with E-state index in [0.717, 1.165) is 33.9 Å². The van der Waals surface area contributed by atoms with E-state index in [1.54, 1.807) is 6.20 Å². The van der Waals surface area contributed by atoms with E-state index in [2.05, 4.69) is 20.8 Å². The number of aryl methyl sites for hydroxylation is 1. The number of thiocarbonyl (C=S) groups is 1. The molecule has 10 heteroatoms. The lowest BCUT2D eigenvalue weighted by molar-refractivity contribution is 0.659. The molecule has 0 fully saturated rings. The fraction of sp³-hybridized carbons (Fsp3) is 0.174. The van der Waals surface area contributed by atoms with Crippen molar-refractivity contribution in [3.63, 3.8) is 0 Å². The predicted molar refractivity (Wildman–Crippen MR) is 140 cm³/mol. The van der Waals surface area contributed by atoms with Gasteiger partial charge in [-0.2, -0.15) is 10.2 Å². The highest BCUT2D eigenvalue weighted by atomic mass is 35.5. The summed E-state index contributed by atoms with van der Waals surface area (Å²) in [6.07, 6.45) is 3.61. The zero-order chi connectivity index (χ0) is 23.5. The van der Waals surface area contributed by atoms with E-state index in [9.17, 15) is 0 Å². The van der Waals surface area contributed by atoms with Crippen molar-refractivity contribution in [3.8, 4) is 0 Å². The van der Waals surface area contributed by atoms with Crippen molar-refractivity contribution in [1.29, 1.82) is 0 Å². The molecule has 0 aliphatic heterocycles. The molecule has 2 heterocycles. The third-order valence-electron chi connectivity index (χ3n) is 5.11. The minimum atomic E-state index is 0.443. The van der Waals surface area contributed by atoms with E-state index in [1.807, 2.05) is 71.9 Å². The van der Waals surface area contributed by atoms with Crippen LogP contribution in [0.5, 0.6) is 0 Å². The van der Waals surface area contributed by atoms with Crippen LogP contribution in [0.4, 0.5) is 11.4 Å². The minimum Gasteiger partial charge on any atom is -0.330 e. The second-order valence-electron chi connectivity index (χ2n) is 7.54. The number of aromatic nitrogens is 4. The molecule has 0 radical (unpaired) electrons. The van der Waals surface area contributed by atoms with Gasteiger partial charge in [0.05, 0.1) is 42.0 Å². The Morgan fingerprint density at radius 2 is 1.73 bits per heavy atom. The molecule has 4 rings (SSSR count). The van der Waals surface area contributed by atoms with Crippen LogP contribution < -0.4 is 10.6 Å². The van der Waals surface area contributed by atoms with Crippen molar-refractivity contribution in [1.82, 2.24) is 19.6 Å². The van der Waals surface area contributed by atoms with Gasteiger partial charge in [0, 0.05) is 26.8 Å². The molecule has 6 nitrogen and oxygen atoms in total. The molecule has 2 N–H and O–H groups in total. The summed E-state index contributed by atoms with van der Waals surface area (Å²) in [4.78, 5) is 0. The molecule has 0 saturated carbocycles. The van der Waals surface area contributed by atoms with Gasteiger partial charge in [-0.05, 0) is 55.9 Å². The van der Waals surface area contributed by atoms with E-state index in [1.165, 1.54) is 0 Å². The lowest BCUT2D eigenvalue weighted by Crippen LogP contribution is -2.19. The van der Waals surface area contributed by atoms with Crippen molar-refractivity contribution >= 4 is 63.5 Å². The summed E-state index contributed by atoms with van der Waals surface area (Å²) in [5.41, 5.74) is 5.24. The first-order chi connectivity index (χ1) is 15.8. The number of rotatable bonds is 6. The third kappa shape index (κ3) is 5.68. The van der Waals surface area contributed by atoms with Crippen LogP contribution in [0.15, 0.2) is 54.9 Å². The Kier molecular flexibility index (Phi) is 7.24. The number of anilines is 2. The second kappa shape index (κ2) is 10.1. The largest absolute Gasteiger partial charge is 0.330 e. The van der Waals surface area contributed by atoms with Crippen LogP contribution >= 0.6 is 47.0 Å². The molecule has 0 atom stereocenters. The summed E-state index contributed by atoms with van der Waals surface area (Å²) in [5.74, 6) is 0. The van der Waals surface area contributed by atoms with Gasteiger partial charge in [0.2, 0.25) is 0 Å². The van der Waals surface area contributed by atoms with Gasteiger partial charge in [-0.25, -0.2) is 0 Å². The molecule has 0 bridgehead atoms. The molecule has 4 aromatic rings. The molecule has 2 aromatic carbocycles. The standard InChI is InChI=1S/C23H21Cl3N6S/c1-14-22(15(2)32(30-14)13-19-20(25)7-4-8-21(19)26)29-23(33)28-18-10-27-31(12-18)11-16-5-3-6-17(24)9-16/h3-10,12H,11,13H2,1-2H3,(H2,28,29,33). The van der Waals surface area contributed by atoms with Gasteiger partial charge in [-0.15, -0.1) is 0 Å². The Balaban J connectivity index is 1.42. The van der Waals surface area contributed by atoms with E-state index in [0.29, 0.717) is 33.3 Å². The van der Waals surface area contributed by atoms with Crippen LogP contribution in [0.1, 0.15) is 22.5 Å². The molecule has 0 aliphatic carbocycles. The van der Waals surface area contributed by atoms with Gasteiger partial charge in [0.15, 0.2) is 5.11 Å². The van der Waals surface area contributed by atoms with Crippen molar-refractivity contribution in [2.75, 3.05) is 10.6 Å². The third-order valence-corrected chi connectivity index (χ3v) is 6.26. The summed E-state index contributed by atoms with van der Waals surface area (Å²) < 4.78 is 3.68. The second-order valence-corrected chi connectivity index (χ2v) is 9.20. The van der Waals surface area contributed by atoms with Crippen molar-refractivity contribution in [2.45, 2.75) is 26.9 Å². The lowest BCUT2D eigenvalue weighted by atomic mass is 10.2.